The number of hydrogen-bond donors (Lipinski definition) is 1. The van der Waals surface area contributed by atoms with Gasteiger partial charge in [0.2, 0.25) is 6.10 Å². The molecular formula is C16H24N6O3. The highest BCUT2D eigenvalue weighted by Crippen LogP contribution is 2.18. The van der Waals surface area contributed by atoms with E-state index in [1.54, 1.807) is 15.6 Å². The van der Waals surface area contributed by atoms with Gasteiger partial charge in [-0.25, -0.2) is 0 Å². The fourth-order valence-corrected chi connectivity index (χ4v) is 2.88. The predicted octanol–water partition coefficient (Wildman–Crippen LogP) is -0.318. The van der Waals surface area contributed by atoms with Crippen LogP contribution in [0.2, 0.25) is 0 Å². The first-order valence-electron chi connectivity index (χ1n) is 8.42. The first kappa shape index (κ1) is 17.4. The maximum atomic E-state index is 12.5. The van der Waals surface area contributed by atoms with Gasteiger partial charge in [-0.2, -0.15) is 5.10 Å². The van der Waals surface area contributed by atoms with E-state index in [4.69, 9.17) is 4.84 Å². The minimum Gasteiger partial charge on any atom is -0.382 e. The lowest BCUT2D eigenvalue weighted by molar-refractivity contribution is -0.143. The Hall–Kier alpha value is -2.42. The van der Waals surface area contributed by atoms with Gasteiger partial charge in [-0.3, -0.25) is 14.3 Å². The second-order valence-electron chi connectivity index (χ2n) is 6.69. The molecule has 1 N–H and O–H groups in total. The minimum absolute atomic E-state index is 0.0648. The maximum Gasteiger partial charge on any atom is 0.271 e. The third kappa shape index (κ3) is 3.98. The lowest BCUT2D eigenvalue weighted by Crippen LogP contribution is -2.43. The average molecular weight is 348 g/mol. The van der Waals surface area contributed by atoms with Crippen LogP contribution in [0.15, 0.2) is 11.2 Å². The summed E-state index contributed by atoms with van der Waals surface area (Å²) in [6.45, 7) is 4.73. The third-order valence-electron chi connectivity index (χ3n) is 4.28. The summed E-state index contributed by atoms with van der Waals surface area (Å²) in [4.78, 5) is 33.6. The lowest BCUT2D eigenvalue weighted by atomic mass is 10.1. The Labute approximate surface area is 146 Å². The van der Waals surface area contributed by atoms with Crippen molar-refractivity contribution in [2.24, 2.45) is 5.16 Å². The lowest BCUT2D eigenvalue weighted by Gasteiger charge is -2.28. The quantitative estimate of drug-likeness (QED) is 0.787. The van der Waals surface area contributed by atoms with Crippen molar-refractivity contribution >= 4 is 17.5 Å². The van der Waals surface area contributed by atoms with Gasteiger partial charge in [-0.1, -0.05) is 5.16 Å². The molecule has 0 saturated carbocycles. The molecule has 0 aromatic carbocycles. The fraction of sp³-hybridized carbons (Fsp3) is 0.625. The molecule has 3 rings (SSSR count). The summed E-state index contributed by atoms with van der Waals surface area (Å²) >= 11 is 0. The first-order valence-corrected chi connectivity index (χ1v) is 8.42. The van der Waals surface area contributed by atoms with Crippen molar-refractivity contribution in [1.82, 2.24) is 24.9 Å². The molecule has 0 saturated heterocycles. The van der Waals surface area contributed by atoms with Gasteiger partial charge in [0.25, 0.3) is 11.8 Å². The molecule has 2 amide bonds. The number of fused-ring (bicyclic) bond motifs is 1. The number of carbonyl (C=O) groups is 2. The van der Waals surface area contributed by atoms with Crippen LogP contribution in [-0.4, -0.2) is 76.9 Å². The molecule has 0 aliphatic carbocycles. The van der Waals surface area contributed by atoms with E-state index >= 15 is 0 Å². The van der Waals surface area contributed by atoms with Crippen LogP contribution in [0.5, 0.6) is 0 Å². The standard InChI is InChI=1S/C16H24N6O3/c1-11-8-14(25-19-11)16(24)21-6-7-22-12(10-21)9-13(18-22)15(23)17-4-5-20(2)3/h9,14H,4-8,10H2,1-3H3,(H,17,23). The summed E-state index contributed by atoms with van der Waals surface area (Å²) in [6.07, 6.45) is 0.0111. The molecular weight excluding hydrogens is 324 g/mol. The highest BCUT2D eigenvalue weighted by molar-refractivity contribution is 5.93. The van der Waals surface area contributed by atoms with Gasteiger partial charge in [-0.15, -0.1) is 0 Å². The van der Waals surface area contributed by atoms with Crippen LogP contribution in [0, 0.1) is 0 Å². The second kappa shape index (κ2) is 7.22. The molecule has 0 fully saturated rings. The molecule has 1 aromatic rings. The van der Waals surface area contributed by atoms with Crippen LogP contribution in [0.25, 0.3) is 0 Å². The molecule has 1 atom stereocenters. The van der Waals surface area contributed by atoms with E-state index in [0.29, 0.717) is 38.3 Å². The van der Waals surface area contributed by atoms with Gasteiger partial charge in [0.05, 0.1) is 24.5 Å². The first-order chi connectivity index (χ1) is 11.9. The SMILES string of the molecule is CC1=NOC(C(=O)N2CCn3nc(C(=O)NCCN(C)C)cc3C2)C1. The van der Waals surface area contributed by atoms with Crippen molar-refractivity contribution in [3.05, 3.63) is 17.5 Å². The molecule has 1 unspecified atom stereocenters. The molecule has 0 bridgehead atoms. The maximum absolute atomic E-state index is 12.5. The number of likely N-dealkylation sites (N-methyl/N-ethyl adjacent to an activating group) is 1. The monoisotopic (exact) mass is 348 g/mol. The van der Waals surface area contributed by atoms with E-state index in [9.17, 15) is 9.59 Å². The van der Waals surface area contributed by atoms with E-state index in [1.165, 1.54) is 0 Å². The normalized spacial score (nSPS) is 19.4. The number of amides is 2. The van der Waals surface area contributed by atoms with Crippen molar-refractivity contribution in [2.45, 2.75) is 32.5 Å². The van der Waals surface area contributed by atoms with Crippen molar-refractivity contribution < 1.29 is 14.4 Å². The van der Waals surface area contributed by atoms with Crippen LogP contribution in [0.4, 0.5) is 0 Å². The van der Waals surface area contributed by atoms with Crippen molar-refractivity contribution in [1.29, 1.82) is 0 Å². The molecule has 2 aliphatic heterocycles. The number of oxime groups is 1. The second-order valence-corrected chi connectivity index (χ2v) is 6.69. The van der Waals surface area contributed by atoms with Crippen molar-refractivity contribution in [3.8, 4) is 0 Å². The largest absolute Gasteiger partial charge is 0.382 e. The summed E-state index contributed by atoms with van der Waals surface area (Å²) in [5, 5.41) is 11.0. The number of carbonyl (C=O) groups excluding carboxylic acids is 2. The van der Waals surface area contributed by atoms with E-state index in [2.05, 4.69) is 15.6 Å². The van der Waals surface area contributed by atoms with Crippen LogP contribution in [0.1, 0.15) is 29.5 Å². The summed E-state index contributed by atoms with van der Waals surface area (Å²) in [5.41, 5.74) is 2.07. The Morgan fingerprint density at radius 2 is 2.20 bits per heavy atom. The Morgan fingerprint density at radius 3 is 2.88 bits per heavy atom. The number of rotatable bonds is 5. The zero-order valence-electron chi connectivity index (χ0n) is 14.9. The predicted molar refractivity (Wildman–Crippen MR) is 91.1 cm³/mol. The Bertz CT molecular complexity index is 696. The van der Waals surface area contributed by atoms with Gasteiger partial charge in [0.15, 0.2) is 5.69 Å². The van der Waals surface area contributed by atoms with E-state index in [1.807, 2.05) is 25.9 Å². The van der Waals surface area contributed by atoms with Gasteiger partial charge in [-0.05, 0) is 27.1 Å². The highest BCUT2D eigenvalue weighted by Gasteiger charge is 2.33. The molecule has 0 radical (unpaired) electrons. The van der Waals surface area contributed by atoms with Crippen LogP contribution in [0.3, 0.4) is 0 Å². The molecule has 1 aromatic heterocycles. The molecule has 2 aliphatic rings. The zero-order valence-corrected chi connectivity index (χ0v) is 14.9. The summed E-state index contributed by atoms with van der Waals surface area (Å²) in [6, 6.07) is 1.75. The van der Waals surface area contributed by atoms with Crippen molar-refractivity contribution in [2.75, 3.05) is 33.7 Å². The molecule has 25 heavy (non-hydrogen) atoms. The molecule has 9 heteroatoms. The van der Waals surface area contributed by atoms with Gasteiger partial charge < -0.3 is 20.0 Å². The van der Waals surface area contributed by atoms with Gasteiger partial charge >= 0.3 is 0 Å². The molecule has 136 valence electrons. The Balaban J connectivity index is 1.59. The number of nitrogens with one attached hydrogen (secondary N) is 1. The molecule has 0 spiro atoms. The Kier molecular flexibility index (Phi) is 5.03. The number of nitrogens with zero attached hydrogens (tertiary/aromatic N) is 5. The summed E-state index contributed by atoms with van der Waals surface area (Å²) in [7, 11) is 3.90. The van der Waals surface area contributed by atoms with Crippen LogP contribution >= 0.6 is 0 Å². The van der Waals surface area contributed by atoms with E-state index < -0.39 is 6.10 Å². The van der Waals surface area contributed by atoms with Gasteiger partial charge in [0.1, 0.15) is 0 Å². The van der Waals surface area contributed by atoms with E-state index in [-0.39, 0.29) is 11.8 Å². The third-order valence-corrected chi connectivity index (χ3v) is 4.28. The fourth-order valence-electron chi connectivity index (χ4n) is 2.88. The summed E-state index contributed by atoms with van der Waals surface area (Å²) < 4.78 is 1.79. The minimum atomic E-state index is -0.525. The van der Waals surface area contributed by atoms with E-state index in [0.717, 1.165) is 18.0 Å². The number of aromatic nitrogens is 2. The number of hydrogen-bond acceptors (Lipinski definition) is 6. The smallest absolute Gasteiger partial charge is 0.271 e. The highest BCUT2D eigenvalue weighted by atomic mass is 16.6. The van der Waals surface area contributed by atoms with Gasteiger partial charge in [0, 0.05) is 26.1 Å². The zero-order chi connectivity index (χ0) is 18.0. The van der Waals surface area contributed by atoms with Crippen molar-refractivity contribution in [3.63, 3.8) is 0 Å². The molecule has 3 heterocycles. The van der Waals surface area contributed by atoms with Crippen LogP contribution in [-0.2, 0) is 22.7 Å². The molecule has 9 nitrogen and oxygen atoms in total. The summed E-state index contributed by atoms with van der Waals surface area (Å²) in [5.74, 6) is -0.255. The Morgan fingerprint density at radius 1 is 1.40 bits per heavy atom. The average Bonchev–Trinajstić information content (AvgIpc) is 3.19. The van der Waals surface area contributed by atoms with Crippen LogP contribution < -0.4 is 5.32 Å². The topological polar surface area (TPSA) is 92.1 Å².